The molecule has 0 aromatic carbocycles. The zero-order chi connectivity index (χ0) is 27.1. The number of rotatable bonds is 3. The Balaban J connectivity index is -0.000000537. The van der Waals surface area contributed by atoms with Gasteiger partial charge in [0.25, 0.3) is 0 Å². The number of hydrogen-bond acceptors (Lipinski definition) is 11. The third kappa shape index (κ3) is 10.1. The van der Waals surface area contributed by atoms with Crippen LogP contribution >= 0.6 is 0 Å². The molecule has 0 saturated heterocycles. The molecule has 0 saturated carbocycles. The maximum absolute atomic E-state index is 11.2. The Morgan fingerprint density at radius 1 is 0.727 bits per heavy atom. The van der Waals surface area contributed by atoms with Crippen molar-refractivity contribution in [1.29, 1.82) is 0 Å². The van der Waals surface area contributed by atoms with E-state index in [2.05, 4.69) is 39.9 Å². The van der Waals surface area contributed by atoms with Gasteiger partial charge in [0.1, 0.15) is 11.0 Å². The summed E-state index contributed by atoms with van der Waals surface area (Å²) in [4.78, 5) is 42.2. The Bertz CT molecular complexity index is 1680. The molecule has 0 atom stereocenters. The van der Waals surface area contributed by atoms with Gasteiger partial charge in [-0.25, -0.2) is 15.0 Å². The zero-order valence-electron chi connectivity index (χ0n) is 23.4. The van der Waals surface area contributed by atoms with Crippen molar-refractivity contribution >= 4 is 34.2 Å². The fourth-order valence-corrected chi connectivity index (χ4v) is 3.36. The van der Waals surface area contributed by atoms with Gasteiger partial charge in [0.05, 0.1) is 29.7 Å². The number of aryl methyl sites for hydroxylation is 2. The van der Waals surface area contributed by atoms with Gasteiger partial charge in [0, 0.05) is 37.3 Å². The van der Waals surface area contributed by atoms with Gasteiger partial charge in [-0.05, 0) is 38.1 Å². The smallest absolute Gasteiger partial charge is 0.857 e. The summed E-state index contributed by atoms with van der Waals surface area (Å²) in [5, 5.41) is 11.2. The van der Waals surface area contributed by atoms with Crippen molar-refractivity contribution in [2.24, 2.45) is 0 Å². The second-order valence-electron chi connectivity index (χ2n) is 7.61. The van der Waals surface area contributed by atoms with E-state index in [1.165, 1.54) is 0 Å². The Morgan fingerprint density at radius 2 is 1.20 bits per heavy atom. The quantitative estimate of drug-likeness (QED) is 0.180. The predicted molar refractivity (Wildman–Crippen MR) is 158 cm³/mol. The number of imidazole rings is 2. The first-order chi connectivity index (χ1) is 18.4. The zero-order valence-corrected chi connectivity index (χ0v) is 25.7. The molecular formula is C24H34N12O7Pt. The molecule has 0 radical (unpaired) electrons. The van der Waals surface area contributed by atoms with Crippen molar-refractivity contribution in [3.63, 3.8) is 0 Å². The largest absolute Gasteiger partial charge is 2.00 e. The van der Waals surface area contributed by atoms with Gasteiger partial charge in [-0.1, -0.05) is 12.1 Å². The summed E-state index contributed by atoms with van der Waals surface area (Å²) in [7, 11) is 0. The van der Waals surface area contributed by atoms with Crippen LogP contribution in [0.2, 0.25) is 0 Å². The van der Waals surface area contributed by atoms with Crippen LogP contribution in [-0.2, 0) is 34.2 Å². The van der Waals surface area contributed by atoms with Gasteiger partial charge in [-0.3, -0.25) is 14.8 Å². The first kappa shape index (κ1) is 43.5. The van der Waals surface area contributed by atoms with Crippen LogP contribution in [0.25, 0.3) is 33.7 Å². The van der Waals surface area contributed by atoms with Crippen LogP contribution in [-0.4, -0.2) is 71.4 Å². The van der Waals surface area contributed by atoms with Crippen LogP contribution in [0.3, 0.4) is 0 Å². The Labute approximate surface area is 263 Å². The monoisotopic (exact) mass is 797 g/mol. The topological polar surface area (TPSA) is 364 Å². The molecule has 19 nitrogen and oxygen atoms in total. The summed E-state index contributed by atoms with van der Waals surface area (Å²) in [5.41, 5.74) is 13.6. The number of aromatic nitrogens is 10. The van der Waals surface area contributed by atoms with E-state index in [0.717, 1.165) is 11.4 Å². The molecule has 0 bridgehead atoms. The van der Waals surface area contributed by atoms with Gasteiger partial charge in [0.2, 0.25) is 11.5 Å². The number of nitrogens with two attached hydrogens (primary N) is 2. The van der Waals surface area contributed by atoms with E-state index in [4.69, 9.17) is 11.5 Å². The SMILES string of the molecule is CCn1cnc2c(=O)[n-]c(N)nc21.CCn1cnc2c([O-])nc(N)nc21.O.O.O.O.O.[Pt+2].c1ccc(-c2ccccn2)nc1. The molecule has 0 aliphatic rings. The maximum atomic E-state index is 11.2. The Kier molecular flexibility index (Phi) is 19.9. The van der Waals surface area contributed by atoms with E-state index in [-0.39, 0.29) is 71.4 Å². The first-order valence-corrected chi connectivity index (χ1v) is 11.5. The maximum Gasteiger partial charge on any atom is 2.00 e. The van der Waals surface area contributed by atoms with Crippen LogP contribution < -0.4 is 27.1 Å². The number of pyridine rings is 2. The second-order valence-corrected chi connectivity index (χ2v) is 7.61. The molecule has 14 N–H and O–H groups in total. The third-order valence-corrected chi connectivity index (χ3v) is 5.17. The van der Waals surface area contributed by atoms with E-state index in [1.54, 1.807) is 34.2 Å². The average Bonchev–Trinajstić information content (AvgIpc) is 3.54. The van der Waals surface area contributed by atoms with Gasteiger partial charge in [-0.2, -0.15) is 4.98 Å². The van der Waals surface area contributed by atoms with Gasteiger partial charge < -0.3 is 63.1 Å². The molecule has 6 heterocycles. The minimum absolute atomic E-state index is 0. The molecule has 0 aliphatic heterocycles. The molecule has 0 unspecified atom stereocenters. The summed E-state index contributed by atoms with van der Waals surface area (Å²) in [6.07, 6.45) is 6.65. The van der Waals surface area contributed by atoms with Crippen LogP contribution in [0.5, 0.6) is 5.88 Å². The van der Waals surface area contributed by atoms with Crippen molar-refractivity contribution in [2.75, 3.05) is 11.5 Å². The third-order valence-electron chi connectivity index (χ3n) is 5.17. The second kappa shape index (κ2) is 20.1. The predicted octanol–water partition coefficient (Wildman–Crippen LogP) is -3.13. The Morgan fingerprint density at radius 3 is 1.66 bits per heavy atom. The summed E-state index contributed by atoms with van der Waals surface area (Å²) in [5.74, 6) is -0.435. The molecule has 0 spiro atoms. The van der Waals surface area contributed by atoms with Crippen LogP contribution in [0.15, 0.2) is 66.2 Å². The number of anilines is 2. The summed E-state index contributed by atoms with van der Waals surface area (Å²) >= 11 is 0. The number of hydrogen-bond donors (Lipinski definition) is 2. The van der Waals surface area contributed by atoms with Gasteiger partial charge in [-0.15, -0.1) is 0 Å². The van der Waals surface area contributed by atoms with E-state index in [0.29, 0.717) is 24.4 Å². The molecule has 0 amide bonds. The fraction of sp³-hybridized carbons (Fsp3) is 0.167. The molecule has 6 aromatic rings. The molecule has 0 fully saturated rings. The van der Waals surface area contributed by atoms with Gasteiger partial charge >= 0.3 is 21.1 Å². The van der Waals surface area contributed by atoms with Crippen LogP contribution in [0.1, 0.15) is 13.8 Å². The van der Waals surface area contributed by atoms with Crippen molar-refractivity contribution < 1.29 is 53.6 Å². The summed E-state index contributed by atoms with van der Waals surface area (Å²) in [6, 6.07) is 11.6. The van der Waals surface area contributed by atoms with Crippen molar-refractivity contribution in [2.45, 2.75) is 26.9 Å². The molecule has 6 rings (SSSR count). The van der Waals surface area contributed by atoms with Crippen LogP contribution in [0.4, 0.5) is 11.9 Å². The fourth-order valence-electron chi connectivity index (χ4n) is 3.36. The minimum atomic E-state index is -0.422. The van der Waals surface area contributed by atoms with E-state index < -0.39 is 11.4 Å². The van der Waals surface area contributed by atoms with E-state index >= 15 is 0 Å². The number of nitrogen functional groups attached to an aromatic ring is 2. The molecule has 0 aliphatic carbocycles. The molecule has 20 heteroatoms. The Hall–Kier alpha value is -4.91. The standard InChI is InChI=1S/C10H8N2.2C7H9N5O.5H2O.Pt/c1-3-7-11-9(5-1)10-6-2-4-8-12-10;2*1-2-12-3-9-4-5(12)10-7(8)11-6(4)13;;;;;;/h1-8H;2*3H,2H2,1H3,(H3,8,10,11,13);5*1H2;/q;;;;;;;;+2/p-2. The normalized spacial score (nSPS) is 9.05. The summed E-state index contributed by atoms with van der Waals surface area (Å²) < 4.78 is 3.49. The van der Waals surface area contributed by atoms with Crippen molar-refractivity contribution in [1.82, 2.24) is 49.0 Å². The number of nitrogens with zero attached hydrogens (tertiary/aromatic N) is 10. The van der Waals surface area contributed by atoms with Crippen LogP contribution in [0, 0.1) is 0 Å². The number of fused-ring (bicyclic) bond motifs is 2. The van der Waals surface area contributed by atoms with E-state index in [1.807, 2.05) is 50.2 Å². The first-order valence-electron chi connectivity index (χ1n) is 11.5. The average molecular weight is 798 g/mol. The molecule has 6 aromatic heterocycles. The van der Waals surface area contributed by atoms with Gasteiger partial charge in [0.15, 0.2) is 5.65 Å². The molecule has 44 heavy (non-hydrogen) atoms. The van der Waals surface area contributed by atoms with E-state index in [9.17, 15) is 9.90 Å². The summed E-state index contributed by atoms with van der Waals surface area (Å²) in [6.45, 7) is 5.27. The minimum Gasteiger partial charge on any atom is -0.857 e. The molecule has 242 valence electrons. The van der Waals surface area contributed by atoms with Crippen molar-refractivity contribution in [3.8, 4) is 17.3 Å². The molecular weight excluding hydrogens is 763 g/mol. The van der Waals surface area contributed by atoms with Crippen molar-refractivity contribution in [3.05, 3.63) is 71.8 Å².